The summed E-state index contributed by atoms with van der Waals surface area (Å²) in [5, 5.41) is 0. The van der Waals surface area contributed by atoms with Crippen molar-refractivity contribution in [3.05, 3.63) is 59.7 Å². The van der Waals surface area contributed by atoms with Crippen LogP contribution in [0.4, 0.5) is 5.69 Å². The molecule has 1 heterocycles. The Morgan fingerprint density at radius 2 is 1.83 bits per heavy atom. The fourth-order valence-electron chi connectivity index (χ4n) is 2.52. The number of benzene rings is 2. The lowest BCUT2D eigenvalue weighted by Crippen LogP contribution is -2.30. The number of methoxy groups -OCH3 is 1. The fraction of sp³-hybridized carbons (Fsp3) is 0.250. The summed E-state index contributed by atoms with van der Waals surface area (Å²) in [7, 11) is 1.72. The van der Waals surface area contributed by atoms with Gasteiger partial charge >= 0.3 is 0 Å². The summed E-state index contributed by atoms with van der Waals surface area (Å²) in [5.41, 5.74) is 4.13. The minimum absolute atomic E-state index is 0.960. The van der Waals surface area contributed by atoms with Gasteiger partial charge in [-0.05, 0) is 41.8 Å². The lowest BCUT2D eigenvalue weighted by atomic mass is 9.99. The Kier molecular flexibility index (Phi) is 2.93. The van der Waals surface area contributed by atoms with Crippen molar-refractivity contribution in [3.63, 3.8) is 0 Å². The molecule has 92 valence electrons. The molecule has 0 saturated carbocycles. The largest absolute Gasteiger partial charge is 0.497 e. The summed E-state index contributed by atoms with van der Waals surface area (Å²) in [4.78, 5) is 2.43. The topological polar surface area (TPSA) is 12.5 Å². The van der Waals surface area contributed by atoms with Gasteiger partial charge in [0.1, 0.15) is 5.75 Å². The van der Waals surface area contributed by atoms with Gasteiger partial charge in [0, 0.05) is 18.8 Å². The number of fused-ring (bicyclic) bond motifs is 1. The van der Waals surface area contributed by atoms with Crippen LogP contribution in [0, 0.1) is 0 Å². The highest BCUT2D eigenvalue weighted by Gasteiger charge is 2.16. The van der Waals surface area contributed by atoms with Crippen molar-refractivity contribution in [2.75, 3.05) is 18.6 Å². The standard InChI is InChI=1S/C16H17NO/c1-18-16-8-7-14-12-17(10-9-13(14)11-16)15-5-3-2-4-6-15/h2-8,11H,9-10,12H2,1H3. The summed E-state index contributed by atoms with van der Waals surface area (Å²) >= 11 is 0. The van der Waals surface area contributed by atoms with Crippen LogP contribution >= 0.6 is 0 Å². The molecule has 0 radical (unpaired) electrons. The Balaban J connectivity index is 1.85. The van der Waals surface area contributed by atoms with Gasteiger partial charge in [0.25, 0.3) is 0 Å². The van der Waals surface area contributed by atoms with E-state index in [0.717, 1.165) is 25.3 Å². The van der Waals surface area contributed by atoms with E-state index >= 15 is 0 Å². The number of ether oxygens (including phenoxy) is 1. The summed E-state index contributed by atoms with van der Waals surface area (Å²) in [6.45, 7) is 2.06. The van der Waals surface area contributed by atoms with Crippen LogP contribution < -0.4 is 9.64 Å². The third-order valence-corrected chi connectivity index (χ3v) is 3.55. The van der Waals surface area contributed by atoms with Gasteiger partial charge in [-0.15, -0.1) is 0 Å². The van der Waals surface area contributed by atoms with Crippen LogP contribution in [0.2, 0.25) is 0 Å². The summed E-state index contributed by atoms with van der Waals surface area (Å²) in [6, 6.07) is 17.0. The van der Waals surface area contributed by atoms with Gasteiger partial charge in [0.2, 0.25) is 0 Å². The molecule has 2 aromatic rings. The molecular weight excluding hydrogens is 222 g/mol. The maximum absolute atomic E-state index is 5.28. The molecule has 2 aromatic carbocycles. The van der Waals surface area contributed by atoms with Crippen LogP contribution in [0.5, 0.6) is 5.75 Å². The minimum atomic E-state index is 0.960. The molecule has 2 heteroatoms. The van der Waals surface area contributed by atoms with Crippen molar-refractivity contribution in [3.8, 4) is 5.75 Å². The first-order chi connectivity index (χ1) is 8.86. The van der Waals surface area contributed by atoms with Crippen LogP contribution in [0.3, 0.4) is 0 Å². The van der Waals surface area contributed by atoms with E-state index in [2.05, 4.69) is 47.4 Å². The van der Waals surface area contributed by atoms with Gasteiger partial charge in [-0.1, -0.05) is 24.3 Å². The Hall–Kier alpha value is -1.96. The molecule has 3 rings (SSSR count). The Bertz CT molecular complexity index is 536. The fourth-order valence-corrected chi connectivity index (χ4v) is 2.52. The highest BCUT2D eigenvalue weighted by molar-refractivity contribution is 5.50. The first-order valence-corrected chi connectivity index (χ1v) is 6.32. The van der Waals surface area contributed by atoms with Gasteiger partial charge in [0.05, 0.1) is 7.11 Å². The second-order valence-corrected chi connectivity index (χ2v) is 4.64. The van der Waals surface area contributed by atoms with Crippen molar-refractivity contribution in [1.82, 2.24) is 0 Å². The summed E-state index contributed by atoms with van der Waals surface area (Å²) in [6.07, 6.45) is 1.08. The minimum Gasteiger partial charge on any atom is -0.497 e. The Morgan fingerprint density at radius 3 is 2.61 bits per heavy atom. The molecule has 0 spiro atoms. The molecule has 0 amide bonds. The molecule has 0 unspecified atom stereocenters. The molecule has 0 bridgehead atoms. The lowest BCUT2D eigenvalue weighted by Gasteiger charge is -2.31. The predicted octanol–water partition coefficient (Wildman–Crippen LogP) is 3.26. The number of nitrogens with zero attached hydrogens (tertiary/aromatic N) is 1. The number of hydrogen-bond acceptors (Lipinski definition) is 2. The van der Waals surface area contributed by atoms with Crippen molar-refractivity contribution in [2.45, 2.75) is 13.0 Å². The van der Waals surface area contributed by atoms with E-state index in [-0.39, 0.29) is 0 Å². The summed E-state index contributed by atoms with van der Waals surface area (Å²) in [5.74, 6) is 0.960. The lowest BCUT2D eigenvalue weighted by molar-refractivity contribution is 0.414. The normalized spacial score (nSPS) is 14.2. The molecule has 0 aromatic heterocycles. The Labute approximate surface area is 108 Å². The third kappa shape index (κ3) is 2.06. The second kappa shape index (κ2) is 4.73. The number of hydrogen-bond donors (Lipinski definition) is 0. The van der Waals surface area contributed by atoms with E-state index in [1.54, 1.807) is 7.11 Å². The zero-order valence-corrected chi connectivity index (χ0v) is 10.6. The highest BCUT2D eigenvalue weighted by atomic mass is 16.5. The van der Waals surface area contributed by atoms with Gasteiger partial charge in [-0.3, -0.25) is 0 Å². The van der Waals surface area contributed by atoms with Crippen LogP contribution in [0.25, 0.3) is 0 Å². The molecular formula is C16H17NO. The van der Waals surface area contributed by atoms with E-state index in [0.29, 0.717) is 0 Å². The Morgan fingerprint density at radius 1 is 1.00 bits per heavy atom. The van der Waals surface area contributed by atoms with Crippen molar-refractivity contribution < 1.29 is 4.74 Å². The molecule has 0 aliphatic carbocycles. The van der Waals surface area contributed by atoms with Crippen LogP contribution in [0.15, 0.2) is 48.5 Å². The zero-order valence-electron chi connectivity index (χ0n) is 10.6. The maximum atomic E-state index is 5.28. The van der Waals surface area contributed by atoms with E-state index in [1.807, 2.05) is 6.07 Å². The maximum Gasteiger partial charge on any atom is 0.119 e. The SMILES string of the molecule is COc1ccc2c(c1)CCN(c1ccccc1)C2. The molecule has 18 heavy (non-hydrogen) atoms. The van der Waals surface area contributed by atoms with Crippen molar-refractivity contribution >= 4 is 5.69 Å². The first kappa shape index (κ1) is 11.1. The van der Waals surface area contributed by atoms with E-state index in [1.165, 1.54) is 16.8 Å². The number of para-hydroxylation sites is 1. The third-order valence-electron chi connectivity index (χ3n) is 3.55. The first-order valence-electron chi connectivity index (χ1n) is 6.32. The monoisotopic (exact) mass is 239 g/mol. The van der Waals surface area contributed by atoms with Gasteiger partial charge in [-0.25, -0.2) is 0 Å². The van der Waals surface area contributed by atoms with Crippen molar-refractivity contribution in [2.24, 2.45) is 0 Å². The number of anilines is 1. The summed E-state index contributed by atoms with van der Waals surface area (Å²) < 4.78 is 5.28. The van der Waals surface area contributed by atoms with Crippen molar-refractivity contribution in [1.29, 1.82) is 0 Å². The molecule has 1 aliphatic rings. The van der Waals surface area contributed by atoms with E-state index < -0.39 is 0 Å². The second-order valence-electron chi connectivity index (χ2n) is 4.64. The molecule has 0 fully saturated rings. The van der Waals surface area contributed by atoms with Crippen LogP contribution in [-0.2, 0) is 13.0 Å². The predicted molar refractivity (Wildman–Crippen MR) is 74.2 cm³/mol. The molecule has 1 aliphatic heterocycles. The molecule has 0 saturated heterocycles. The van der Waals surface area contributed by atoms with Gasteiger partial charge in [-0.2, -0.15) is 0 Å². The molecule has 2 nitrogen and oxygen atoms in total. The molecule has 0 atom stereocenters. The van der Waals surface area contributed by atoms with Gasteiger partial charge < -0.3 is 9.64 Å². The zero-order chi connectivity index (χ0) is 12.4. The number of rotatable bonds is 2. The van der Waals surface area contributed by atoms with Crippen LogP contribution in [0.1, 0.15) is 11.1 Å². The average molecular weight is 239 g/mol. The average Bonchev–Trinajstić information content (AvgIpc) is 2.47. The van der Waals surface area contributed by atoms with Crippen LogP contribution in [-0.4, -0.2) is 13.7 Å². The van der Waals surface area contributed by atoms with E-state index in [4.69, 9.17) is 4.74 Å². The smallest absolute Gasteiger partial charge is 0.119 e. The van der Waals surface area contributed by atoms with E-state index in [9.17, 15) is 0 Å². The molecule has 0 N–H and O–H groups in total. The van der Waals surface area contributed by atoms with Gasteiger partial charge in [0.15, 0.2) is 0 Å². The highest BCUT2D eigenvalue weighted by Crippen LogP contribution is 2.26. The quantitative estimate of drug-likeness (QED) is 0.797.